The van der Waals surface area contributed by atoms with Gasteiger partial charge in [0.25, 0.3) is 5.69 Å². The van der Waals surface area contributed by atoms with E-state index in [9.17, 15) is 10.1 Å². The molecule has 104 valence electrons. The number of nitrogens with zero attached hydrogens (tertiary/aromatic N) is 2. The number of non-ortho nitro benzene ring substituents is 1. The summed E-state index contributed by atoms with van der Waals surface area (Å²) in [5, 5.41) is 19.5. The largest absolute Gasteiger partial charge is 0.396 e. The molecule has 0 aromatic heterocycles. The Kier molecular flexibility index (Phi) is 4.87. The van der Waals surface area contributed by atoms with Gasteiger partial charge in [-0.05, 0) is 43.8 Å². The fourth-order valence-electron chi connectivity index (χ4n) is 2.60. The van der Waals surface area contributed by atoms with Gasteiger partial charge in [0.1, 0.15) is 0 Å². The maximum absolute atomic E-state index is 10.6. The number of hydrogen-bond acceptors (Lipinski definition) is 4. The minimum atomic E-state index is -0.371. The average Bonchev–Trinajstić information content (AvgIpc) is 2.42. The predicted molar refractivity (Wildman–Crippen MR) is 72.8 cm³/mol. The molecule has 1 aromatic rings. The van der Waals surface area contributed by atoms with Crippen LogP contribution >= 0.6 is 0 Å². The normalized spacial score (nSPS) is 17.5. The second kappa shape index (κ2) is 6.63. The molecule has 0 unspecified atom stereocenters. The Morgan fingerprint density at radius 3 is 2.42 bits per heavy atom. The zero-order chi connectivity index (χ0) is 13.7. The van der Waals surface area contributed by atoms with Gasteiger partial charge < -0.3 is 5.11 Å². The number of aliphatic hydroxyl groups excluding tert-OH is 1. The smallest absolute Gasteiger partial charge is 0.269 e. The summed E-state index contributed by atoms with van der Waals surface area (Å²) in [4.78, 5) is 12.6. The second-order valence-corrected chi connectivity index (χ2v) is 5.16. The number of nitro groups is 1. The Labute approximate surface area is 113 Å². The highest BCUT2D eigenvalue weighted by molar-refractivity contribution is 5.32. The summed E-state index contributed by atoms with van der Waals surface area (Å²) >= 11 is 0. The molecule has 0 atom stereocenters. The van der Waals surface area contributed by atoms with E-state index in [-0.39, 0.29) is 17.2 Å². The fourth-order valence-corrected chi connectivity index (χ4v) is 2.60. The maximum Gasteiger partial charge on any atom is 0.269 e. The number of hydrogen-bond donors (Lipinski definition) is 1. The summed E-state index contributed by atoms with van der Waals surface area (Å²) in [5.74, 6) is 0.651. The summed E-state index contributed by atoms with van der Waals surface area (Å²) in [5.41, 5.74) is 1.26. The van der Waals surface area contributed by atoms with Crippen LogP contribution in [-0.4, -0.2) is 34.6 Å². The minimum absolute atomic E-state index is 0.144. The number of aliphatic hydroxyl groups is 1. The molecule has 2 rings (SSSR count). The number of piperidine rings is 1. The zero-order valence-electron chi connectivity index (χ0n) is 11.0. The van der Waals surface area contributed by atoms with E-state index >= 15 is 0 Å². The molecule has 1 saturated heterocycles. The van der Waals surface area contributed by atoms with Crippen molar-refractivity contribution in [2.45, 2.75) is 25.8 Å². The monoisotopic (exact) mass is 264 g/mol. The Hall–Kier alpha value is -1.46. The molecule has 0 radical (unpaired) electrons. The molecule has 1 aliphatic rings. The van der Waals surface area contributed by atoms with Crippen molar-refractivity contribution in [1.82, 2.24) is 4.90 Å². The van der Waals surface area contributed by atoms with Gasteiger partial charge in [0.2, 0.25) is 0 Å². The van der Waals surface area contributed by atoms with Crippen LogP contribution in [0.5, 0.6) is 0 Å². The van der Waals surface area contributed by atoms with E-state index in [1.165, 1.54) is 0 Å². The molecule has 1 fully saturated rings. The molecule has 0 spiro atoms. The fraction of sp³-hybridized carbons (Fsp3) is 0.571. The van der Waals surface area contributed by atoms with E-state index in [2.05, 4.69) is 4.90 Å². The van der Waals surface area contributed by atoms with E-state index in [1.54, 1.807) is 12.1 Å². The molecular weight excluding hydrogens is 244 g/mol. The summed E-state index contributed by atoms with van der Waals surface area (Å²) in [6.07, 6.45) is 3.17. The lowest BCUT2D eigenvalue weighted by Gasteiger charge is -2.31. The van der Waals surface area contributed by atoms with E-state index in [4.69, 9.17) is 5.11 Å². The van der Waals surface area contributed by atoms with Crippen LogP contribution in [-0.2, 0) is 6.54 Å². The van der Waals surface area contributed by atoms with Gasteiger partial charge >= 0.3 is 0 Å². The maximum atomic E-state index is 10.6. The van der Waals surface area contributed by atoms with Gasteiger partial charge in [0, 0.05) is 25.3 Å². The van der Waals surface area contributed by atoms with Gasteiger partial charge in [-0.25, -0.2) is 0 Å². The van der Waals surface area contributed by atoms with Gasteiger partial charge in [-0.1, -0.05) is 12.1 Å². The molecule has 1 aromatic carbocycles. The van der Waals surface area contributed by atoms with Crippen LogP contribution in [0.4, 0.5) is 5.69 Å². The Bertz CT molecular complexity index is 411. The topological polar surface area (TPSA) is 66.6 Å². The van der Waals surface area contributed by atoms with E-state index in [1.807, 2.05) is 12.1 Å². The highest BCUT2D eigenvalue weighted by atomic mass is 16.6. The van der Waals surface area contributed by atoms with Gasteiger partial charge in [-0.2, -0.15) is 0 Å². The number of likely N-dealkylation sites (tertiary alicyclic amines) is 1. The third-order valence-corrected chi connectivity index (χ3v) is 3.80. The molecule has 1 N–H and O–H groups in total. The van der Waals surface area contributed by atoms with E-state index in [0.29, 0.717) is 5.92 Å². The Balaban J connectivity index is 1.83. The van der Waals surface area contributed by atoms with Crippen LogP contribution in [0.1, 0.15) is 24.8 Å². The van der Waals surface area contributed by atoms with Crippen molar-refractivity contribution in [3.05, 3.63) is 39.9 Å². The molecule has 19 heavy (non-hydrogen) atoms. The summed E-state index contributed by atoms with van der Waals surface area (Å²) < 4.78 is 0. The lowest BCUT2D eigenvalue weighted by Crippen LogP contribution is -2.33. The summed E-state index contributed by atoms with van der Waals surface area (Å²) in [6, 6.07) is 6.79. The molecule has 5 heteroatoms. The van der Waals surface area contributed by atoms with Crippen molar-refractivity contribution in [3.63, 3.8) is 0 Å². The zero-order valence-corrected chi connectivity index (χ0v) is 11.0. The van der Waals surface area contributed by atoms with Crippen LogP contribution in [0.3, 0.4) is 0 Å². The van der Waals surface area contributed by atoms with Gasteiger partial charge in [-0.15, -0.1) is 0 Å². The highest BCUT2D eigenvalue weighted by Crippen LogP contribution is 2.22. The van der Waals surface area contributed by atoms with Crippen LogP contribution in [0, 0.1) is 16.0 Å². The molecule has 0 aliphatic carbocycles. The SMILES string of the molecule is O=[N+]([O-])c1ccc(CN2CCC(CCO)CC2)cc1. The van der Waals surface area contributed by atoms with Gasteiger partial charge in [0.05, 0.1) is 4.92 Å². The van der Waals surface area contributed by atoms with E-state index < -0.39 is 0 Å². The third kappa shape index (κ3) is 4.01. The Morgan fingerprint density at radius 2 is 1.89 bits per heavy atom. The third-order valence-electron chi connectivity index (χ3n) is 3.80. The van der Waals surface area contributed by atoms with Gasteiger partial charge in [-0.3, -0.25) is 15.0 Å². The highest BCUT2D eigenvalue weighted by Gasteiger charge is 2.18. The van der Waals surface area contributed by atoms with Crippen molar-refractivity contribution < 1.29 is 10.0 Å². The predicted octanol–water partition coefficient (Wildman–Crippen LogP) is 2.19. The molecule has 5 nitrogen and oxygen atoms in total. The van der Waals surface area contributed by atoms with Crippen LogP contribution in [0.2, 0.25) is 0 Å². The summed E-state index contributed by atoms with van der Waals surface area (Å²) in [6.45, 7) is 3.22. The molecular formula is C14H20N2O3. The molecule has 0 saturated carbocycles. The van der Waals surface area contributed by atoms with Crippen molar-refractivity contribution in [3.8, 4) is 0 Å². The number of benzene rings is 1. The lowest BCUT2D eigenvalue weighted by atomic mass is 9.94. The van der Waals surface area contributed by atoms with Crippen LogP contribution in [0.15, 0.2) is 24.3 Å². The molecule has 0 amide bonds. The average molecular weight is 264 g/mol. The van der Waals surface area contributed by atoms with Crippen molar-refractivity contribution in [2.75, 3.05) is 19.7 Å². The molecule has 1 heterocycles. The van der Waals surface area contributed by atoms with Crippen molar-refractivity contribution in [1.29, 1.82) is 0 Å². The Morgan fingerprint density at radius 1 is 1.26 bits per heavy atom. The van der Waals surface area contributed by atoms with Crippen molar-refractivity contribution in [2.24, 2.45) is 5.92 Å². The first-order valence-electron chi connectivity index (χ1n) is 6.75. The molecule has 0 bridgehead atoms. The van der Waals surface area contributed by atoms with E-state index in [0.717, 1.165) is 44.5 Å². The first-order valence-corrected chi connectivity index (χ1v) is 6.75. The number of rotatable bonds is 5. The van der Waals surface area contributed by atoms with Crippen LogP contribution in [0.25, 0.3) is 0 Å². The van der Waals surface area contributed by atoms with Crippen LogP contribution < -0.4 is 0 Å². The number of nitro benzene ring substituents is 1. The van der Waals surface area contributed by atoms with Gasteiger partial charge in [0.15, 0.2) is 0 Å². The first-order chi connectivity index (χ1) is 9.19. The molecule has 1 aliphatic heterocycles. The first kappa shape index (κ1) is 14.0. The lowest BCUT2D eigenvalue weighted by molar-refractivity contribution is -0.384. The quantitative estimate of drug-likeness (QED) is 0.654. The standard InChI is InChI=1S/C14H20N2O3/c17-10-7-12-5-8-15(9-6-12)11-13-1-3-14(4-2-13)16(18)19/h1-4,12,17H,5-11H2. The second-order valence-electron chi connectivity index (χ2n) is 5.16. The summed E-state index contributed by atoms with van der Waals surface area (Å²) in [7, 11) is 0. The van der Waals surface area contributed by atoms with Crippen molar-refractivity contribution >= 4 is 5.69 Å². The minimum Gasteiger partial charge on any atom is -0.396 e.